The lowest BCUT2D eigenvalue weighted by molar-refractivity contribution is -0.0787. The molecule has 0 spiro atoms. The second-order valence-electron chi connectivity index (χ2n) is 4.15. The molecule has 0 amide bonds. The van der Waals surface area contributed by atoms with Crippen LogP contribution in [0.1, 0.15) is 33.1 Å². The van der Waals surface area contributed by atoms with Gasteiger partial charge in [0.25, 0.3) is 0 Å². The Bertz CT molecular complexity index is 222. The van der Waals surface area contributed by atoms with Gasteiger partial charge in [0.15, 0.2) is 0 Å². The number of aliphatic imine (C=N–C) groups is 1. The minimum atomic E-state index is -0.0178. The highest BCUT2D eigenvalue weighted by molar-refractivity contribution is 5.23. The van der Waals surface area contributed by atoms with Crippen molar-refractivity contribution >= 4 is 6.72 Å². The molecule has 15 heavy (non-hydrogen) atoms. The summed E-state index contributed by atoms with van der Waals surface area (Å²) in [4.78, 5) is 3.91. The van der Waals surface area contributed by atoms with Crippen molar-refractivity contribution in [1.82, 2.24) is 0 Å². The lowest BCUT2D eigenvalue weighted by Crippen LogP contribution is -2.29. The molecule has 1 fully saturated rings. The molecule has 1 saturated heterocycles. The number of hydrogen-bond donors (Lipinski definition) is 0. The molecule has 0 radical (unpaired) electrons. The minimum Gasteiger partial charge on any atom is -0.375 e. The molecule has 0 N–H and O–H groups in total. The van der Waals surface area contributed by atoms with E-state index in [1.54, 1.807) is 0 Å². The first-order valence-electron chi connectivity index (χ1n) is 5.54. The quantitative estimate of drug-likeness (QED) is 0.397. The molecular formula is C12H21NO2. The average molecular weight is 211 g/mol. The van der Waals surface area contributed by atoms with Crippen LogP contribution >= 0.6 is 0 Å². The smallest absolute Gasteiger partial charge is 0.148 e. The lowest BCUT2D eigenvalue weighted by atomic mass is 10.1. The Hall–Kier alpha value is -0.670. The maximum atomic E-state index is 5.67. The van der Waals surface area contributed by atoms with E-state index in [1.807, 2.05) is 0 Å². The van der Waals surface area contributed by atoms with E-state index in [4.69, 9.17) is 9.47 Å². The fourth-order valence-electron chi connectivity index (χ4n) is 1.56. The highest BCUT2D eigenvalue weighted by atomic mass is 16.5. The summed E-state index contributed by atoms with van der Waals surface area (Å²) in [6.45, 7) is 8.99. The molecule has 0 saturated carbocycles. The van der Waals surface area contributed by atoms with Crippen LogP contribution < -0.4 is 0 Å². The van der Waals surface area contributed by atoms with Crippen molar-refractivity contribution in [1.29, 1.82) is 0 Å². The van der Waals surface area contributed by atoms with Crippen LogP contribution in [0.2, 0.25) is 0 Å². The van der Waals surface area contributed by atoms with Gasteiger partial charge in [-0.3, -0.25) is 4.99 Å². The van der Waals surface area contributed by atoms with Crippen molar-refractivity contribution < 1.29 is 9.47 Å². The minimum absolute atomic E-state index is 0.0178. The Kier molecular flexibility index (Phi) is 5.58. The predicted octanol–water partition coefficient (Wildman–Crippen LogP) is 2.57. The standard InChI is InChI=1S/C12H21NO2/c1-10(2)7-8-14-9-11-5-4-6-12(13-3)15-11/h7,11-12H,3-6,8-9H2,1-2H3/t11?,12-/m1/s1. The van der Waals surface area contributed by atoms with Gasteiger partial charge in [-0.05, 0) is 39.8 Å². The monoisotopic (exact) mass is 211 g/mol. The maximum Gasteiger partial charge on any atom is 0.148 e. The normalized spacial score (nSPS) is 26.0. The van der Waals surface area contributed by atoms with Gasteiger partial charge in [0.2, 0.25) is 0 Å². The molecule has 2 atom stereocenters. The van der Waals surface area contributed by atoms with Gasteiger partial charge in [-0.25, -0.2) is 0 Å². The maximum absolute atomic E-state index is 5.67. The Labute approximate surface area is 92.2 Å². The van der Waals surface area contributed by atoms with Crippen LogP contribution in [0.25, 0.3) is 0 Å². The van der Waals surface area contributed by atoms with Crippen molar-refractivity contribution in [2.45, 2.75) is 45.4 Å². The summed E-state index contributed by atoms with van der Waals surface area (Å²) in [5.74, 6) is 0. The first-order valence-corrected chi connectivity index (χ1v) is 5.54. The molecule has 1 heterocycles. The van der Waals surface area contributed by atoms with Gasteiger partial charge < -0.3 is 9.47 Å². The number of hydrogen-bond acceptors (Lipinski definition) is 3. The van der Waals surface area contributed by atoms with E-state index >= 15 is 0 Å². The number of allylic oxidation sites excluding steroid dienone is 1. The summed E-state index contributed by atoms with van der Waals surface area (Å²) in [6, 6.07) is 0. The van der Waals surface area contributed by atoms with Crippen molar-refractivity contribution in [3.63, 3.8) is 0 Å². The summed E-state index contributed by atoms with van der Waals surface area (Å²) < 4.78 is 11.2. The number of rotatable bonds is 5. The third-order valence-electron chi connectivity index (χ3n) is 2.44. The summed E-state index contributed by atoms with van der Waals surface area (Å²) in [6.07, 6.45) is 5.47. The molecule has 3 nitrogen and oxygen atoms in total. The fraction of sp³-hybridized carbons (Fsp3) is 0.750. The molecule has 0 bridgehead atoms. The van der Waals surface area contributed by atoms with E-state index < -0.39 is 0 Å². The zero-order valence-corrected chi connectivity index (χ0v) is 9.74. The second kappa shape index (κ2) is 6.75. The van der Waals surface area contributed by atoms with Crippen LogP contribution in [0.3, 0.4) is 0 Å². The van der Waals surface area contributed by atoms with E-state index in [-0.39, 0.29) is 12.3 Å². The molecule has 86 valence electrons. The summed E-state index contributed by atoms with van der Waals surface area (Å²) in [7, 11) is 0. The Balaban J connectivity index is 2.15. The SMILES string of the molecule is C=N[C@H]1CCCC(COCC=C(C)C)O1. The topological polar surface area (TPSA) is 30.8 Å². The van der Waals surface area contributed by atoms with E-state index in [2.05, 4.69) is 31.6 Å². The third kappa shape index (κ3) is 5.09. The highest BCUT2D eigenvalue weighted by Gasteiger charge is 2.20. The molecular weight excluding hydrogens is 190 g/mol. The Morgan fingerprint density at radius 1 is 1.53 bits per heavy atom. The first-order chi connectivity index (χ1) is 7.22. The zero-order chi connectivity index (χ0) is 11.1. The van der Waals surface area contributed by atoms with Gasteiger partial charge in [-0.1, -0.05) is 11.6 Å². The molecule has 1 unspecified atom stereocenters. The summed E-state index contributed by atoms with van der Waals surface area (Å²) >= 11 is 0. The summed E-state index contributed by atoms with van der Waals surface area (Å²) in [5, 5.41) is 0. The van der Waals surface area contributed by atoms with Crippen LogP contribution in [0, 0.1) is 0 Å². The van der Waals surface area contributed by atoms with E-state index in [9.17, 15) is 0 Å². The van der Waals surface area contributed by atoms with Crippen molar-refractivity contribution in [2.24, 2.45) is 4.99 Å². The molecule has 0 aromatic heterocycles. The van der Waals surface area contributed by atoms with Gasteiger partial charge >= 0.3 is 0 Å². The van der Waals surface area contributed by atoms with Crippen molar-refractivity contribution in [3.8, 4) is 0 Å². The highest BCUT2D eigenvalue weighted by Crippen LogP contribution is 2.19. The van der Waals surface area contributed by atoms with E-state index in [0.29, 0.717) is 13.2 Å². The van der Waals surface area contributed by atoms with Gasteiger partial charge in [0.05, 0.1) is 19.3 Å². The molecule has 1 rings (SSSR count). The number of ether oxygens (including phenoxy) is 2. The average Bonchev–Trinajstić information content (AvgIpc) is 2.24. The molecule has 1 aliphatic rings. The van der Waals surface area contributed by atoms with Crippen LogP contribution in [0.4, 0.5) is 0 Å². The molecule has 1 aliphatic heterocycles. The largest absolute Gasteiger partial charge is 0.375 e. The Morgan fingerprint density at radius 3 is 3.00 bits per heavy atom. The van der Waals surface area contributed by atoms with Crippen LogP contribution in [0.15, 0.2) is 16.6 Å². The predicted molar refractivity (Wildman–Crippen MR) is 62.3 cm³/mol. The van der Waals surface area contributed by atoms with Gasteiger partial charge in [0, 0.05) is 0 Å². The fourth-order valence-corrected chi connectivity index (χ4v) is 1.56. The van der Waals surface area contributed by atoms with Crippen LogP contribution in [-0.4, -0.2) is 32.3 Å². The Morgan fingerprint density at radius 2 is 2.33 bits per heavy atom. The van der Waals surface area contributed by atoms with Crippen molar-refractivity contribution in [3.05, 3.63) is 11.6 Å². The second-order valence-corrected chi connectivity index (χ2v) is 4.15. The van der Waals surface area contributed by atoms with Gasteiger partial charge in [-0.2, -0.15) is 0 Å². The van der Waals surface area contributed by atoms with Crippen LogP contribution in [-0.2, 0) is 9.47 Å². The lowest BCUT2D eigenvalue weighted by Gasteiger charge is -2.27. The molecule has 0 aliphatic carbocycles. The molecule has 3 heteroatoms. The zero-order valence-electron chi connectivity index (χ0n) is 9.74. The number of nitrogens with zero attached hydrogens (tertiary/aromatic N) is 1. The van der Waals surface area contributed by atoms with Crippen LogP contribution in [0.5, 0.6) is 0 Å². The van der Waals surface area contributed by atoms with Crippen molar-refractivity contribution in [2.75, 3.05) is 13.2 Å². The summed E-state index contributed by atoms with van der Waals surface area (Å²) in [5.41, 5.74) is 1.28. The van der Waals surface area contributed by atoms with Gasteiger partial charge in [0.1, 0.15) is 6.23 Å². The third-order valence-corrected chi connectivity index (χ3v) is 2.44. The first kappa shape index (κ1) is 12.4. The molecule has 0 aromatic rings. The van der Waals surface area contributed by atoms with Gasteiger partial charge in [-0.15, -0.1) is 0 Å². The molecule has 0 aromatic carbocycles. The van der Waals surface area contributed by atoms with E-state index in [1.165, 1.54) is 5.57 Å². The van der Waals surface area contributed by atoms with E-state index in [0.717, 1.165) is 19.3 Å².